The SMILES string of the molecule is O=C(NC1CC1)c1cnc(NCc2ccco2)cn1. The van der Waals surface area contributed by atoms with Gasteiger partial charge in [0.1, 0.15) is 17.3 Å². The van der Waals surface area contributed by atoms with Crippen LogP contribution in [0.3, 0.4) is 0 Å². The average molecular weight is 258 g/mol. The summed E-state index contributed by atoms with van der Waals surface area (Å²) in [5, 5.41) is 5.93. The predicted octanol–water partition coefficient (Wildman–Crippen LogP) is 1.57. The topological polar surface area (TPSA) is 80.0 Å². The van der Waals surface area contributed by atoms with Gasteiger partial charge in [0.25, 0.3) is 5.91 Å². The molecule has 1 fully saturated rings. The second-order valence-corrected chi connectivity index (χ2v) is 4.47. The summed E-state index contributed by atoms with van der Waals surface area (Å²) in [6, 6.07) is 4.03. The van der Waals surface area contributed by atoms with Crippen LogP contribution in [0.2, 0.25) is 0 Å². The lowest BCUT2D eigenvalue weighted by Gasteiger charge is -2.05. The minimum absolute atomic E-state index is 0.160. The lowest BCUT2D eigenvalue weighted by atomic mass is 10.4. The first-order chi connectivity index (χ1) is 9.31. The molecule has 0 saturated heterocycles. The van der Waals surface area contributed by atoms with Crippen molar-refractivity contribution in [2.75, 3.05) is 5.32 Å². The number of carbonyl (C=O) groups excluding carboxylic acids is 1. The summed E-state index contributed by atoms with van der Waals surface area (Å²) < 4.78 is 5.19. The Hall–Kier alpha value is -2.37. The normalized spacial score (nSPS) is 14.1. The summed E-state index contributed by atoms with van der Waals surface area (Å²) in [7, 11) is 0. The van der Waals surface area contributed by atoms with Crippen molar-refractivity contribution in [2.45, 2.75) is 25.4 Å². The molecular formula is C13H14N4O2. The van der Waals surface area contributed by atoms with Gasteiger partial charge < -0.3 is 15.1 Å². The van der Waals surface area contributed by atoms with E-state index in [4.69, 9.17) is 4.42 Å². The Morgan fingerprint density at radius 1 is 1.37 bits per heavy atom. The van der Waals surface area contributed by atoms with Crippen molar-refractivity contribution < 1.29 is 9.21 Å². The molecule has 6 heteroatoms. The summed E-state index contributed by atoms with van der Waals surface area (Å²) in [6.45, 7) is 0.537. The highest BCUT2D eigenvalue weighted by molar-refractivity contribution is 5.92. The van der Waals surface area contributed by atoms with E-state index in [1.165, 1.54) is 6.20 Å². The quantitative estimate of drug-likeness (QED) is 0.851. The first-order valence-electron chi connectivity index (χ1n) is 6.20. The summed E-state index contributed by atoms with van der Waals surface area (Å²) in [5.74, 6) is 1.27. The first-order valence-corrected chi connectivity index (χ1v) is 6.20. The summed E-state index contributed by atoms with van der Waals surface area (Å²) >= 11 is 0. The molecule has 1 saturated carbocycles. The lowest BCUT2D eigenvalue weighted by molar-refractivity contribution is 0.0945. The van der Waals surface area contributed by atoms with E-state index in [9.17, 15) is 4.79 Å². The molecule has 0 aliphatic heterocycles. The van der Waals surface area contributed by atoms with Crippen LogP contribution in [0.15, 0.2) is 35.2 Å². The fourth-order valence-electron chi connectivity index (χ4n) is 1.61. The van der Waals surface area contributed by atoms with E-state index in [1.54, 1.807) is 12.5 Å². The lowest BCUT2D eigenvalue weighted by Crippen LogP contribution is -2.26. The Balaban J connectivity index is 1.57. The van der Waals surface area contributed by atoms with Crippen molar-refractivity contribution in [3.8, 4) is 0 Å². The summed E-state index contributed by atoms with van der Waals surface area (Å²) in [4.78, 5) is 19.9. The van der Waals surface area contributed by atoms with E-state index in [-0.39, 0.29) is 5.91 Å². The van der Waals surface area contributed by atoms with Crippen LogP contribution < -0.4 is 10.6 Å². The van der Waals surface area contributed by atoms with Gasteiger partial charge in [-0.05, 0) is 25.0 Å². The third kappa shape index (κ3) is 3.09. The zero-order valence-corrected chi connectivity index (χ0v) is 10.3. The highest BCUT2D eigenvalue weighted by atomic mass is 16.3. The van der Waals surface area contributed by atoms with Crippen LogP contribution in [0.5, 0.6) is 0 Å². The average Bonchev–Trinajstić information content (AvgIpc) is 3.09. The molecule has 2 aromatic rings. The van der Waals surface area contributed by atoms with Gasteiger partial charge in [-0.3, -0.25) is 4.79 Å². The minimum atomic E-state index is -0.160. The number of nitrogens with one attached hydrogen (secondary N) is 2. The van der Waals surface area contributed by atoms with Crippen molar-refractivity contribution >= 4 is 11.7 Å². The molecule has 98 valence electrons. The molecule has 2 heterocycles. The molecule has 19 heavy (non-hydrogen) atoms. The molecule has 2 N–H and O–H groups in total. The standard InChI is InChI=1S/C13H14N4O2/c18-13(17-9-3-4-9)11-7-16-12(8-14-11)15-6-10-2-1-5-19-10/h1-2,5,7-9H,3-4,6H2,(H,15,16)(H,17,18). The molecular weight excluding hydrogens is 244 g/mol. The van der Waals surface area contributed by atoms with E-state index in [2.05, 4.69) is 20.6 Å². The number of anilines is 1. The maximum absolute atomic E-state index is 11.7. The number of furan rings is 1. The molecule has 3 rings (SSSR count). The molecule has 0 atom stereocenters. The molecule has 0 radical (unpaired) electrons. The first kappa shape index (κ1) is 11.7. The van der Waals surface area contributed by atoms with Gasteiger partial charge in [0.05, 0.1) is 25.2 Å². The van der Waals surface area contributed by atoms with Crippen LogP contribution >= 0.6 is 0 Å². The van der Waals surface area contributed by atoms with Gasteiger partial charge in [-0.25, -0.2) is 9.97 Å². The van der Waals surface area contributed by atoms with Crippen LogP contribution in [0, 0.1) is 0 Å². The summed E-state index contributed by atoms with van der Waals surface area (Å²) in [5.41, 5.74) is 0.343. The van der Waals surface area contributed by atoms with Gasteiger partial charge in [-0.1, -0.05) is 0 Å². The number of amides is 1. The van der Waals surface area contributed by atoms with Gasteiger partial charge in [0.2, 0.25) is 0 Å². The molecule has 0 unspecified atom stereocenters. The van der Waals surface area contributed by atoms with E-state index in [1.807, 2.05) is 12.1 Å². The zero-order chi connectivity index (χ0) is 13.1. The van der Waals surface area contributed by atoms with E-state index in [0.717, 1.165) is 18.6 Å². The maximum atomic E-state index is 11.7. The minimum Gasteiger partial charge on any atom is -0.467 e. The van der Waals surface area contributed by atoms with Crippen molar-refractivity contribution in [2.24, 2.45) is 0 Å². The zero-order valence-electron chi connectivity index (χ0n) is 10.3. The molecule has 6 nitrogen and oxygen atoms in total. The number of aromatic nitrogens is 2. The van der Waals surface area contributed by atoms with Gasteiger partial charge in [-0.2, -0.15) is 0 Å². The van der Waals surface area contributed by atoms with Crippen molar-refractivity contribution in [3.05, 3.63) is 42.2 Å². The van der Waals surface area contributed by atoms with Gasteiger partial charge >= 0.3 is 0 Å². The number of hydrogen-bond donors (Lipinski definition) is 2. The van der Waals surface area contributed by atoms with Crippen molar-refractivity contribution in [1.29, 1.82) is 0 Å². The van der Waals surface area contributed by atoms with Crippen LogP contribution in [0.1, 0.15) is 29.1 Å². The molecule has 0 spiro atoms. The van der Waals surface area contributed by atoms with Gasteiger partial charge in [-0.15, -0.1) is 0 Å². The second kappa shape index (κ2) is 5.09. The molecule has 0 bridgehead atoms. The highest BCUT2D eigenvalue weighted by Gasteiger charge is 2.24. The molecule has 2 aromatic heterocycles. The third-order valence-corrected chi connectivity index (χ3v) is 2.82. The molecule has 1 amide bonds. The second-order valence-electron chi connectivity index (χ2n) is 4.47. The Morgan fingerprint density at radius 2 is 2.26 bits per heavy atom. The fraction of sp³-hybridized carbons (Fsp3) is 0.308. The molecule has 1 aliphatic rings. The van der Waals surface area contributed by atoms with E-state index in [0.29, 0.717) is 24.1 Å². The predicted molar refractivity (Wildman–Crippen MR) is 68.6 cm³/mol. The van der Waals surface area contributed by atoms with Crippen molar-refractivity contribution in [1.82, 2.24) is 15.3 Å². The van der Waals surface area contributed by atoms with Crippen LogP contribution in [-0.4, -0.2) is 21.9 Å². The Kier molecular flexibility index (Phi) is 3.14. The smallest absolute Gasteiger partial charge is 0.271 e. The third-order valence-electron chi connectivity index (χ3n) is 2.82. The summed E-state index contributed by atoms with van der Waals surface area (Å²) in [6.07, 6.45) is 6.75. The van der Waals surface area contributed by atoms with Crippen molar-refractivity contribution in [3.63, 3.8) is 0 Å². The number of carbonyl (C=O) groups is 1. The number of rotatable bonds is 5. The highest BCUT2D eigenvalue weighted by Crippen LogP contribution is 2.19. The fourth-order valence-corrected chi connectivity index (χ4v) is 1.61. The molecule has 0 aromatic carbocycles. The van der Waals surface area contributed by atoms with E-state index < -0.39 is 0 Å². The van der Waals surface area contributed by atoms with Crippen LogP contribution in [0.4, 0.5) is 5.82 Å². The monoisotopic (exact) mass is 258 g/mol. The maximum Gasteiger partial charge on any atom is 0.271 e. The Morgan fingerprint density at radius 3 is 2.89 bits per heavy atom. The van der Waals surface area contributed by atoms with Gasteiger partial charge in [0, 0.05) is 6.04 Å². The van der Waals surface area contributed by atoms with E-state index >= 15 is 0 Å². The largest absolute Gasteiger partial charge is 0.467 e. The number of nitrogens with zero attached hydrogens (tertiary/aromatic N) is 2. The van der Waals surface area contributed by atoms with Crippen LogP contribution in [0.25, 0.3) is 0 Å². The van der Waals surface area contributed by atoms with Crippen LogP contribution in [-0.2, 0) is 6.54 Å². The Labute approximate surface area is 110 Å². The van der Waals surface area contributed by atoms with Gasteiger partial charge in [0.15, 0.2) is 0 Å². The number of hydrogen-bond acceptors (Lipinski definition) is 5. The molecule has 1 aliphatic carbocycles. The Bertz CT molecular complexity index is 547.